The number of nitrogens with zero attached hydrogens (tertiary/aromatic N) is 3. The maximum atomic E-state index is 14.7. The highest BCUT2D eigenvalue weighted by atomic mass is 32.2. The number of sulfonamides is 1. The summed E-state index contributed by atoms with van der Waals surface area (Å²) in [6.45, 7) is 4.91. The number of fused-ring (bicyclic) bond motifs is 3. The molecule has 54 heavy (non-hydrogen) atoms. The quantitative estimate of drug-likeness (QED) is 0.354. The fourth-order valence-corrected chi connectivity index (χ4v) is 9.90. The van der Waals surface area contributed by atoms with Crippen LogP contribution in [-0.2, 0) is 42.2 Å². The van der Waals surface area contributed by atoms with Crippen LogP contribution >= 0.6 is 0 Å². The molecule has 3 aliphatic carbocycles. The molecule has 292 valence electrons. The Morgan fingerprint density at radius 2 is 1.81 bits per heavy atom. The van der Waals surface area contributed by atoms with E-state index in [9.17, 15) is 32.4 Å². The predicted molar refractivity (Wildman–Crippen MR) is 200 cm³/mol. The third-order valence-electron chi connectivity index (χ3n) is 12.1. The van der Waals surface area contributed by atoms with E-state index in [1.807, 2.05) is 18.2 Å². The van der Waals surface area contributed by atoms with Gasteiger partial charge in [0.25, 0.3) is 5.91 Å². The Kier molecular flexibility index (Phi) is 10.8. The molecule has 3 heterocycles. The van der Waals surface area contributed by atoms with E-state index in [1.165, 1.54) is 11.0 Å². The van der Waals surface area contributed by atoms with Crippen molar-refractivity contribution >= 4 is 45.9 Å². The first kappa shape index (κ1) is 37.9. The molecule has 4 bridgehead atoms. The number of amides is 6. The molecule has 1 aromatic rings. The molecule has 0 spiro atoms. The van der Waals surface area contributed by atoms with Crippen molar-refractivity contribution in [2.75, 3.05) is 20.1 Å². The molecule has 5 atom stereocenters. The van der Waals surface area contributed by atoms with Gasteiger partial charge in [-0.3, -0.25) is 24.0 Å². The summed E-state index contributed by atoms with van der Waals surface area (Å²) in [5, 5.41) is 5.18. The van der Waals surface area contributed by atoms with Gasteiger partial charge in [0.1, 0.15) is 23.7 Å². The molecule has 1 saturated heterocycles. The number of carbonyl (C=O) groups excluding carboxylic acids is 5. The van der Waals surface area contributed by atoms with Gasteiger partial charge in [-0.25, -0.2) is 18.0 Å². The Bertz CT molecular complexity index is 1820. The second-order valence-corrected chi connectivity index (χ2v) is 17.9. The molecule has 14 nitrogen and oxygen atoms in total. The van der Waals surface area contributed by atoms with Crippen LogP contribution in [0, 0.1) is 11.8 Å². The number of hydrogen-bond donors (Lipinski definition) is 3. The number of ether oxygens (including phenoxy) is 1. The summed E-state index contributed by atoms with van der Waals surface area (Å²) in [6.07, 6.45) is 12.0. The van der Waals surface area contributed by atoms with Crippen molar-refractivity contribution in [2.24, 2.45) is 11.8 Å². The van der Waals surface area contributed by atoms with E-state index in [-0.39, 0.29) is 31.3 Å². The van der Waals surface area contributed by atoms with Gasteiger partial charge in [0.2, 0.25) is 21.8 Å². The number of nitrogens with one attached hydrogen (secondary N) is 3. The van der Waals surface area contributed by atoms with Gasteiger partial charge in [-0.1, -0.05) is 55.7 Å². The van der Waals surface area contributed by atoms with E-state index in [0.717, 1.165) is 68.1 Å². The summed E-state index contributed by atoms with van der Waals surface area (Å²) in [4.78, 5) is 74.5. The lowest BCUT2D eigenvalue weighted by atomic mass is 9.83. The topological polar surface area (TPSA) is 175 Å². The minimum atomic E-state index is -3.90. The lowest BCUT2D eigenvalue weighted by Gasteiger charge is -2.35. The zero-order chi connectivity index (χ0) is 38.2. The Labute approximate surface area is 317 Å². The summed E-state index contributed by atoms with van der Waals surface area (Å²) in [7, 11) is -2.19. The van der Waals surface area contributed by atoms with Crippen molar-refractivity contribution in [3.8, 4) is 0 Å². The van der Waals surface area contributed by atoms with Crippen LogP contribution in [-0.4, -0.2) is 102 Å². The van der Waals surface area contributed by atoms with Crippen LogP contribution in [0.25, 0.3) is 6.08 Å². The van der Waals surface area contributed by atoms with Crippen molar-refractivity contribution in [1.82, 2.24) is 30.1 Å². The molecule has 0 radical (unpaired) electrons. The van der Waals surface area contributed by atoms with Crippen molar-refractivity contribution in [3.63, 3.8) is 0 Å². The Morgan fingerprint density at radius 3 is 2.54 bits per heavy atom. The molecular formula is C39H52N6O8S. The minimum absolute atomic E-state index is 0.0415. The molecule has 6 amide bonds. The first-order valence-corrected chi connectivity index (χ1v) is 21.0. The third kappa shape index (κ3) is 7.87. The van der Waals surface area contributed by atoms with Gasteiger partial charge in [0.15, 0.2) is 0 Å². The zero-order valence-electron chi connectivity index (χ0n) is 31.0. The first-order chi connectivity index (χ1) is 25.9. The van der Waals surface area contributed by atoms with Crippen LogP contribution in [0.4, 0.5) is 9.59 Å². The van der Waals surface area contributed by atoms with Gasteiger partial charge >= 0.3 is 12.1 Å². The summed E-state index contributed by atoms with van der Waals surface area (Å²) >= 11 is 0. The smallest absolute Gasteiger partial charge is 0.410 e. The highest BCUT2D eigenvalue weighted by Gasteiger charge is 2.62. The van der Waals surface area contributed by atoms with Gasteiger partial charge in [-0.2, -0.15) is 0 Å². The first-order valence-electron chi connectivity index (χ1n) is 19.5. The average Bonchev–Trinajstić information content (AvgIpc) is 4.05. The Morgan fingerprint density at radius 1 is 1.04 bits per heavy atom. The number of rotatable bonds is 7. The molecule has 3 saturated carbocycles. The van der Waals surface area contributed by atoms with Gasteiger partial charge in [-0.05, 0) is 74.0 Å². The van der Waals surface area contributed by atoms with Crippen LogP contribution < -0.4 is 15.4 Å². The van der Waals surface area contributed by atoms with Crippen molar-refractivity contribution in [3.05, 3.63) is 53.6 Å². The fourth-order valence-electron chi connectivity index (χ4n) is 8.54. The molecule has 6 aliphatic rings. The number of allylic oxidation sites excluding steroid dienone is 1. The molecule has 1 aromatic carbocycles. The fraction of sp³-hybridized carbons (Fsp3) is 0.615. The van der Waals surface area contributed by atoms with E-state index in [1.54, 1.807) is 16.8 Å². The maximum absolute atomic E-state index is 14.7. The van der Waals surface area contributed by atoms with Crippen molar-refractivity contribution in [1.29, 1.82) is 0 Å². The zero-order valence-corrected chi connectivity index (χ0v) is 31.8. The average molecular weight is 765 g/mol. The summed E-state index contributed by atoms with van der Waals surface area (Å²) < 4.78 is 33.7. The predicted octanol–water partition coefficient (Wildman–Crippen LogP) is 3.57. The molecule has 3 N–H and O–H groups in total. The molecule has 0 aromatic heterocycles. The molecule has 0 unspecified atom stereocenters. The van der Waals surface area contributed by atoms with E-state index < -0.39 is 68.7 Å². The molecule has 15 heteroatoms. The second-order valence-electron chi connectivity index (χ2n) is 15.9. The lowest BCUT2D eigenvalue weighted by Crippen LogP contribution is -2.60. The molecule has 7 rings (SSSR count). The standard InChI is InChI=1S/C39H52N6O8S/c1-3-28-21-39(28,36(48)42-54(51,52)30-17-18-30)41-34(46)32-20-29-23-45(32)35(47)33(26-13-8-6-9-14-26)40-37(49)43(2)19-10-5-4-7-12-25-15-11-16-27-22-44(24-31(25)27)38(50)53-29/h3,7,11-12,15-16,26,28-30,32-33H,1,4-6,8-10,13-14,17-24H2,2H3,(H,40,49)(H,41,46)(H,42,48)/t28-,29-,32+,33+,39-/m1/s1. The number of hydrogen-bond acceptors (Lipinski definition) is 8. The van der Waals surface area contributed by atoms with Gasteiger partial charge in [0.05, 0.1) is 18.3 Å². The molecular weight excluding hydrogens is 713 g/mol. The SMILES string of the molecule is C=C[C@@H]1C[C@]1(NC(=O)[C@@H]1C[C@@H]2CN1C(=O)[C@H](C1CCCCC1)NC(=O)N(C)CCCCC=Cc1cccc3c1CN(C3)C(=O)O2)C(=O)NS(=O)(=O)C1CC1. The summed E-state index contributed by atoms with van der Waals surface area (Å²) in [6, 6.07) is 3.52. The van der Waals surface area contributed by atoms with E-state index in [2.05, 4.69) is 34.1 Å². The normalized spacial score (nSPS) is 29.6. The lowest BCUT2D eigenvalue weighted by molar-refractivity contribution is -0.142. The number of benzene rings is 1. The minimum Gasteiger partial charge on any atom is -0.444 e. The largest absolute Gasteiger partial charge is 0.444 e. The highest BCUT2D eigenvalue weighted by molar-refractivity contribution is 7.91. The van der Waals surface area contributed by atoms with Crippen LogP contribution in [0.3, 0.4) is 0 Å². The molecule has 3 aliphatic heterocycles. The molecule has 4 fully saturated rings. The second kappa shape index (κ2) is 15.4. The van der Waals surface area contributed by atoms with Crippen LogP contribution in [0.2, 0.25) is 0 Å². The summed E-state index contributed by atoms with van der Waals surface area (Å²) in [5.74, 6) is -2.64. The highest BCUT2D eigenvalue weighted by Crippen LogP contribution is 2.45. The van der Waals surface area contributed by atoms with Gasteiger partial charge < -0.3 is 25.2 Å². The maximum Gasteiger partial charge on any atom is 0.410 e. The van der Waals surface area contributed by atoms with E-state index in [0.29, 0.717) is 32.5 Å². The van der Waals surface area contributed by atoms with Gasteiger partial charge in [0, 0.05) is 32.5 Å². The summed E-state index contributed by atoms with van der Waals surface area (Å²) in [5.41, 5.74) is 1.54. The van der Waals surface area contributed by atoms with Crippen molar-refractivity contribution in [2.45, 2.75) is 119 Å². The Hall–Kier alpha value is -4.40. The van der Waals surface area contributed by atoms with E-state index in [4.69, 9.17) is 4.74 Å². The Balaban J connectivity index is 1.17. The third-order valence-corrected chi connectivity index (χ3v) is 13.9. The number of carbonyl (C=O) groups is 5. The van der Waals surface area contributed by atoms with Crippen LogP contribution in [0.5, 0.6) is 0 Å². The van der Waals surface area contributed by atoms with Crippen LogP contribution in [0.15, 0.2) is 36.9 Å². The van der Waals surface area contributed by atoms with Gasteiger partial charge in [-0.15, -0.1) is 6.58 Å². The van der Waals surface area contributed by atoms with E-state index >= 15 is 0 Å². The van der Waals surface area contributed by atoms with Crippen LogP contribution in [0.1, 0.15) is 93.7 Å². The van der Waals surface area contributed by atoms with Crippen molar-refractivity contribution < 1.29 is 37.1 Å². The number of urea groups is 1. The monoisotopic (exact) mass is 764 g/mol.